The standard InChI is InChI=1S/C24H19N5O3/c1-31-17-11-12-19(25-14-17)23-28-29-24(32-23)27-22-20(30)13-16-9-5-6-10-18(16)21(26-22)15-7-3-2-4-8-15/h2-12,14,22H,13H2,1H3,(H,27,29)/t22-/m1/s1. The van der Waals surface area contributed by atoms with E-state index in [4.69, 9.17) is 14.1 Å². The SMILES string of the molecule is COc1ccc(-c2nnc(N[C@H]3N=C(c4ccccc4)c4ccccc4CC3=O)o2)nc1. The van der Waals surface area contributed by atoms with Crippen LogP contribution in [-0.4, -0.2) is 40.0 Å². The van der Waals surface area contributed by atoms with Crippen molar-refractivity contribution in [3.05, 3.63) is 89.6 Å². The molecule has 1 aliphatic rings. The van der Waals surface area contributed by atoms with Crippen molar-refractivity contribution < 1.29 is 13.9 Å². The zero-order valence-corrected chi connectivity index (χ0v) is 17.2. The quantitative estimate of drug-likeness (QED) is 0.522. The second-order valence-corrected chi connectivity index (χ2v) is 7.19. The number of carbonyl (C=O) groups excluding carboxylic acids is 1. The number of pyridine rings is 1. The fourth-order valence-corrected chi connectivity index (χ4v) is 3.53. The molecule has 158 valence electrons. The Morgan fingerprint density at radius 1 is 1.00 bits per heavy atom. The highest BCUT2D eigenvalue weighted by Gasteiger charge is 2.27. The minimum atomic E-state index is -0.866. The predicted octanol–water partition coefficient (Wildman–Crippen LogP) is 3.54. The molecule has 8 heteroatoms. The first-order valence-electron chi connectivity index (χ1n) is 10.1. The third-order valence-corrected chi connectivity index (χ3v) is 5.12. The summed E-state index contributed by atoms with van der Waals surface area (Å²) in [7, 11) is 1.57. The average molecular weight is 425 g/mol. The van der Waals surface area contributed by atoms with Crippen molar-refractivity contribution in [2.24, 2.45) is 4.99 Å². The average Bonchev–Trinajstić information content (AvgIpc) is 3.26. The lowest BCUT2D eigenvalue weighted by molar-refractivity contribution is -0.119. The molecular formula is C24H19N5O3. The molecule has 0 saturated heterocycles. The first-order valence-corrected chi connectivity index (χ1v) is 10.1. The third-order valence-electron chi connectivity index (χ3n) is 5.12. The summed E-state index contributed by atoms with van der Waals surface area (Å²) < 4.78 is 10.8. The number of fused-ring (bicyclic) bond motifs is 1. The van der Waals surface area contributed by atoms with Gasteiger partial charge in [0.15, 0.2) is 11.9 Å². The molecule has 0 radical (unpaired) electrons. The van der Waals surface area contributed by atoms with E-state index in [-0.39, 0.29) is 24.1 Å². The minimum absolute atomic E-state index is 0.0919. The van der Waals surface area contributed by atoms with Gasteiger partial charge >= 0.3 is 6.01 Å². The highest BCUT2D eigenvalue weighted by molar-refractivity contribution is 6.16. The number of aromatic nitrogens is 3. The minimum Gasteiger partial charge on any atom is -0.495 e. The Morgan fingerprint density at radius 3 is 2.59 bits per heavy atom. The van der Waals surface area contributed by atoms with Crippen LogP contribution in [-0.2, 0) is 11.2 Å². The van der Waals surface area contributed by atoms with Crippen molar-refractivity contribution in [3.63, 3.8) is 0 Å². The number of Topliss-reactive ketones (excluding diaryl/α,β-unsaturated/α-hetero) is 1. The number of anilines is 1. The zero-order valence-electron chi connectivity index (χ0n) is 17.2. The van der Waals surface area contributed by atoms with Gasteiger partial charge in [0.25, 0.3) is 5.89 Å². The molecule has 3 heterocycles. The molecule has 0 saturated carbocycles. The summed E-state index contributed by atoms with van der Waals surface area (Å²) in [6.07, 6.45) is 0.943. The molecule has 1 aliphatic heterocycles. The van der Waals surface area contributed by atoms with Crippen LogP contribution in [0.1, 0.15) is 16.7 Å². The smallest absolute Gasteiger partial charge is 0.317 e. The van der Waals surface area contributed by atoms with Crippen LogP contribution in [0.2, 0.25) is 0 Å². The van der Waals surface area contributed by atoms with Crippen molar-refractivity contribution >= 4 is 17.5 Å². The van der Waals surface area contributed by atoms with E-state index >= 15 is 0 Å². The lowest BCUT2D eigenvalue weighted by Gasteiger charge is -2.11. The molecule has 0 bridgehead atoms. The first-order chi connectivity index (χ1) is 15.7. The monoisotopic (exact) mass is 425 g/mol. The van der Waals surface area contributed by atoms with Gasteiger partial charge in [-0.2, -0.15) is 0 Å². The van der Waals surface area contributed by atoms with E-state index in [9.17, 15) is 4.79 Å². The van der Waals surface area contributed by atoms with Crippen molar-refractivity contribution in [2.75, 3.05) is 12.4 Å². The van der Waals surface area contributed by atoms with E-state index in [2.05, 4.69) is 20.5 Å². The van der Waals surface area contributed by atoms with Crippen molar-refractivity contribution in [1.82, 2.24) is 15.2 Å². The van der Waals surface area contributed by atoms with Gasteiger partial charge in [0.05, 0.1) is 19.0 Å². The van der Waals surface area contributed by atoms with Gasteiger partial charge < -0.3 is 14.5 Å². The van der Waals surface area contributed by atoms with Crippen LogP contribution in [0, 0.1) is 0 Å². The molecule has 4 aromatic rings. The fraction of sp³-hybridized carbons (Fsp3) is 0.125. The van der Waals surface area contributed by atoms with Crippen molar-refractivity contribution in [2.45, 2.75) is 12.6 Å². The molecule has 1 N–H and O–H groups in total. The topological polar surface area (TPSA) is 102 Å². The molecule has 0 amide bonds. The maximum atomic E-state index is 13.0. The number of ether oxygens (including phenoxy) is 1. The molecule has 32 heavy (non-hydrogen) atoms. The maximum absolute atomic E-state index is 13.0. The normalized spacial score (nSPS) is 15.5. The number of nitrogens with zero attached hydrogens (tertiary/aromatic N) is 4. The van der Waals surface area contributed by atoms with Crippen LogP contribution in [0.15, 0.2) is 82.3 Å². The van der Waals surface area contributed by atoms with Crippen LogP contribution in [0.5, 0.6) is 5.75 Å². The zero-order chi connectivity index (χ0) is 21.9. The summed E-state index contributed by atoms with van der Waals surface area (Å²) in [5.74, 6) is 0.760. The number of ketones is 1. The van der Waals surface area contributed by atoms with Gasteiger partial charge in [0.1, 0.15) is 11.4 Å². The van der Waals surface area contributed by atoms with Gasteiger partial charge in [0, 0.05) is 17.5 Å². The highest BCUT2D eigenvalue weighted by atomic mass is 16.5. The Labute approximate surface area is 184 Å². The molecule has 0 fully saturated rings. The van der Waals surface area contributed by atoms with Crippen molar-refractivity contribution in [1.29, 1.82) is 0 Å². The molecule has 0 spiro atoms. The maximum Gasteiger partial charge on any atom is 0.317 e. The molecule has 0 aliphatic carbocycles. The molecule has 2 aromatic carbocycles. The number of rotatable bonds is 5. The number of carbonyl (C=O) groups is 1. The molecule has 2 aromatic heterocycles. The molecule has 0 unspecified atom stereocenters. The Balaban J connectivity index is 1.47. The summed E-state index contributed by atoms with van der Waals surface area (Å²) in [5.41, 5.74) is 4.03. The molecular weight excluding hydrogens is 406 g/mol. The number of aliphatic imine (C=N–C) groups is 1. The first kappa shape index (κ1) is 19.6. The lowest BCUT2D eigenvalue weighted by Crippen LogP contribution is -2.29. The molecule has 8 nitrogen and oxygen atoms in total. The Hall–Kier alpha value is -4.33. The third kappa shape index (κ3) is 3.85. The number of hydrogen-bond acceptors (Lipinski definition) is 8. The summed E-state index contributed by atoms with van der Waals surface area (Å²) in [6.45, 7) is 0. The van der Waals surface area contributed by atoms with E-state index in [1.165, 1.54) is 0 Å². The number of nitrogens with one attached hydrogen (secondary N) is 1. The van der Waals surface area contributed by atoms with E-state index in [1.807, 2.05) is 54.6 Å². The predicted molar refractivity (Wildman–Crippen MR) is 119 cm³/mol. The molecule has 1 atom stereocenters. The van der Waals surface area contributed by atoms with Crippen LogP contribution in [0.25, 0.3) is 11.6 Å². The van der Waals surface area contributed by atoms with Gasteiger partial charge in [-0.3, -0.25) is 9.79 Å². The second kappa shape index (κ2) is 8.43. The fourth-order valence-electron chi connectivity index (χ4n) is 3.53. The van der Waals surface area contributed by atoms with E-state index in [0.717, 1.165) is 22.4 Å². The summed E-state index contributed by atoms with van der Waals surface area (Å²) in [6, 6.07) is 21.2. The van der Waals surface area contributed by atoms with Crippen LogP contribution in [0.4, 0.5) is 6.01 Å². The van der Waals surface area contributed by atoms with Crippen LogP contribution < -0.4 is 10.1 Å². The number of hydrogen-bond donors (Lipinski definition) is 1. The van der Waals surface area contributed by atoms with E-state index < -0.39 is 6.17 Å². The van der Waals surface area contributed by atoms with Crippen LogP contribution >= 0.6 is 0 Å². The van der Waals surface area contributed by atoms with Crippen LogP contribution in [0.3, 0.4) is 0 Å². The number of benzene rings is 2. The largest absolute Gasteiger partial charge is 0.495 e. The summed E-state index contributed by atoms with van der Waals surface area (Å²) in [4.78, 5) is 22.0. The lowest BCUT2D eigenvalue weighted by atomic mass is 9.96. The Kier molecular flexibility index (Phi) is 5.17. The van der Waals surface area contributed by atoms with Gasteiger partial charge in [-0.15, -0.1) is 5.10 Å². The second-order valence-electron chi connectivity index (χ2n) is 7.19. The van der Waals surface area contributed by atoms with Gasteiger partial charge in [0.2, 0.25) is 0 Å². The van der Waals surface area contributed by atoms with E-state index in [0.29, 0.717) is 11.4 Å². The highest BCUT2D eigenvalue weighted by Crippen LogP contribution is 2.24. The van der Waals surface area contributed by atoms with Gasteiger partial charge in [-0.1, -0.05) is 59.7 Å². The van der Waals surface area contributed by atoms with Gasteiger partial charge in [-0.05, 0) is 17.7 Å². The Bertz CT molecular complexity index is 1280. The van der Waals surface area contributed by atoms with Crippen molar-refractivity contribution in [3.8, 4) is 17.3 Å². The molecule has 5 rings (SSSR count). The summed E-state index contributed by atoms with van der Waals surface area (Å²) >= 11 is 0. The summed E-state index contributed by atoms with van der Waals surface area (Å²) in [5, 5.41) is 11.0. The van der Waals surface area contributed by atoms with Gasteiger partial charge in [-0.25, -0.2) is 4.98 Å². The number of methoxy groups -OCH3 is 1. The van der Waals surface area contributed by atoms with E-state index in [1.54, 1.807) is 25.4 Å². The Morgan fingerprint density at radius 2 is 1.81 bits per heavy atom.